The average molecular weight is 445 g/mol. The van der Waals surface area contributed by atoms with E-state index >= 15 is 0 Å². The van der Waals surface area contributed by atoms with E-state index in [1.165, 1.54) is 10.1 Å². The predicted octanol–water partition coefficient (Wildman–Crippen LogP) is 3.33. The number of benzene rings is 2. The molecule has 7 heteroatoms. The Hall–Kier alpha value is -3.45. The lowest BCUT2D eigenvalue weighted by Gasteiger charge is -2.28. The van der Waals surface area contributed by atoms with Crippen LogP contribution in [0.2, 0.25) is 19.6 Å². The van der Waals surface area contributed by atoms with Crippen LogP contribution in [-0.4, -0.2) is 44.0 Å². The fourth-order valence-electron chi connectivity index (χ4n) is 3.99. The number of hydrogen-bond donors (Lipinski definition) is 1. The monoisotopic (exact) mass is 444 g/mol. The number of methoxy groups -OCH3 is 1. The van der Waals surface area contributed by atoms with Gasteiger partial charge in [-0.15, -0.1) is 0 Å². The number of amides is 1. The maximum Gasteiger partial charge on any atom is 0.266 e. The van der Waals surface area contributed by atoms with Crippen molar-refractivity contribution < 1.29 is 9.53 Å². The molecule has 2 heterocycles. The van der Waals surface area contributed by atoms with Gasteiger partial charge in [-0.2, -0.15) is 0 Å². The van der Waals surface area contributed by atoms with Crippen LogP contribution in [0.5, 0.6) is 5.88 Å². The summed E-state index contributed by atoms with van der Waals surface area (Å²) in [6, 6.07) is 21.6. The Morgan fingerprint density at radius 3 is 2.25 bits per heavy atom. The number of carbonyl (C=O) groups excluding carboxylic acids is 1. The molecule has 0 saturated heterocycles. The molecule has 0 saturated carbocycles. The first-order valence-corrected chi connectivity index (χ1v) is 14.0. The number of aliphatic imine (C=N–C) groups is 1. The molecular formula is C25H28N4O2Si. The van der Waals surface area contributed by atoms with Crippen LogP contribution in [0.15, 0.2) is 71.7 Å². The maximum absolute atomic E-state index is 13.7. The van der Waals surface area contributed by atoms with Gasteiger partial charge in [-0.1, -0.05) is 73.4 Å². The molecule has 4 rings (SSSR count). The number of likely N-dealkylation sites (N-methyl/N-ethyl adjacent to an activating group) is 1. The maximum atomic E-state index is 13.7. The van der Waals surface area contributed by atoms with Crippen molar-refractivity contribution >= 4 is 25.1 Å². The second-order valence-electron chi connectivity index (χ2n) is 9.02. The van der Waals surface area contributed by atoms with E-state index in [9.17, 15) is 4.79 Å². The molecule has 164 valence electrons. The summed E-state index contributed by atoms with van der Waals surface area (Å²) in [5.41, 5.74) is 8.14. The van der Waals surface area contributed by atoms with Crippen LogP contribution < -0.4 is 15.7 Å². The SMILES string of the molecule is COc1cccc(-c2cccc(C3(c4cccc([Si](C)(C)C)c4)N=C(N)N(C)C3=O)c2)n1. The first-order valence-electron chi connectivity index (χ1n) is 10.5. The lowest BCUT2D eigenvalue weighted by molar-refractivity contribution is -0.129. The van der Waals surface area contributed by atoms with Crippen molar-refractivity contribution in [2.75, 3.05) is 14.2 Å². The Labute approximate surface area is 189 Å². The van der Waals surface area contributed by atoms with E-state index in [1.54, 1.807) is 20.2 Å². The van der Waals surface area contributed by atoms with Crippen LogP contribution >= 0.6 is 0 Å². The van der Waals surface area contributed by atoms with Gasteiger partial charge in [-0.05, 0) is 23.3 Å². The van der Waals surface area contributed by atoms with Gasteiger partial charge in [0.2, 0.25) is 5.88 Å². The molecule has 0 spiro atoms. The number of aromatic nitrogens is 1. The Morgan fingerprint density at radius 1 is 0.969 bits per heavy atom. The van der Waals surface area contributed by atoms with E-state index in [2.05, 4.69) is 36.8 Å². The Kier molecular flexibility index (Phi) is 5.38. The minimum atomic E-state index is -1.61. The molecular weight excluding hydrogens is 416 g/mol. The van der Waals surface area contributed by atoms with E-state index in [4.69, 9.17) is 15.5 Å². The van der Waals surface area contributed by atoms with E-state index in [0.717, 1.165) is 22.4 Å². The van der Waals surface area contributed by atoms with Crippen LogP contribution in [-0.2, 0) is 10.3 Å². The molecule has 0 radical (unpaired) electrons. The van der Waals surface area contributed by atoms with Gasteiger partial charge in [0, 0.05) is 18.7 Å². The highest BCUT2D eigenvalue weighted by Gasteiger charge is 2.49. The molecule has 1 aliphatic heterocycles. The van der Waals surface area contributed by atoms with Crippen molar-refractivity contribution in [2.45, 2.75) is 25.2 Å². The number of guanidine groups is 1. The summed E-state index contributed by atoms with van der Waals surface area (Å²) in [5, 5.41) is 1.26. The lowest BCUT2D eigenvalue weighted by Crippen LogP contribution is -2.43. The molecule has 0 fully saturated rings. The van der Waals surface area contributed by atoms with Crippen LogP contribution in [0.25, 0.3) is 11.3 Å². The summed E-state index contributed by atoms with van der Waals surface area (Å²) in [4.78, 5) is 24.4. The number of carbonyl (C=O) groups is 1. The summed E-state index contributed by atoms with van der Waals surface area (Å²) in [7, 11) is 1.65. The third-order valence-corrected chi connectivity index (χ3v) is 7.94. The van der Waals surface area contributed by atoms with E-state index < -0.39 is 13.6 Å². The summed E-state index contributed by atoms with van der Waals surface area (Å²) in [6.45, 7) is 6.86. The van der Waals surface area contributed by atoms with Gasteiger partial charge in [-0.3, -0.25) is 9.69 Å². The van der Waals surface area contributed by atoms with E-state index in [0.29, 0.717) is 5.88 Å². The molecule has 1 aromatic heterocycles. The molecule has 32 heavy (non-hydrogen) atoms. The first kappa shape index (κ1) is 21.8. The van der Waals surface area contributed by atoms with Crippen LogP contribution in [0.3, 0.4) is 0 Å². The molecule has 1 amide bonds. The van der Waals surface area contributed by atoms with Gasteiger partial charge in [-0.25, -0.2) is 9.98 Å². The topological polar surface area (TPSA) is 80.8 Å². The van der Waals surface area contributed by atoms with E-state index in [1.807, 2.05) is 48.5 Å². The minimum Gasteiger partial charge on any atom is -0.481 e. The predicted molar refractivity (Wildman–Crippen MR) is 131 cm³/mol. The van der Waals surface area contributed by atoms with Crippen molar-refractivity contribution in [1.29, 1.82) is 0 Å². The highest BCUT2D eigenvalue weighted by atomic mass is 28.3. The highest BCUT2D eigenvalue weighted by molar-refractivity contribution is 6.88. The fourth-order valence-corrected chi connectivity index (χ4v) is 5.17. The molecule has 6 nitrogen and oxygen atoms in total. The summed E-state index contributed by atoms with van der Waals surface area (Å²) in [6.07, 6.45) is 0. The number of hydrogen-bond acceptors (Lipinski definition) is 5. The second kappa shape index (κ2) is 7.91. The molecule has 1 atom stereocenters. The number of ether oxygens (including phenoxy) is 1. The molecule has 3 aromatic rings. The lowest BCUT2D eigenvalue weighted by atomic mass is 9.82. The Balaban J connectivity index is 1.93. The molecule has 0 aliphatic carbocycles. The smallest absolute Gasteiger partial charge is 0.266 e. The number of rotatable bonds is 5. The zero-order valence-electron chi connectivity index (χ0n) is 19.1. The third-order valence-electron chi connectivity index (χ3n) is 5.90. The molecule has 1 unspecified atom stereocenters. The van der Waals surface area contributed by atoms with Gasteiger partial charge in [0.05, 0.1) is 20.9 Å². The Bertz CT molecular complexity index is 1220. The van der Waals surface area contributed by atoms with Gasteiger partial charge in [0.1, 0.15) is 0 Å². The molecule has 0 bridgehead atoms. The first-order chi connectivity index (χ1) is 15.2. The van der Waals surface area contributed by atoms with Crippen molar-refractivity contribution in [3.05, 3.63) is 77.9 Å². The van der Waals surface area contributed by atoms with Gasteiger partial charge < -0.3 is 10.5 Å². The molecule has 2 aromatic carbocycles. The molecule has 2 N–H and O–H groups in total. The number of nitrogens with zero attached hydrogens (tertiary/aromatic N) is 3. The third kappa shape index (κ3) is 3.58. The van der Waals surface area contributed by atoms with Crippen LogP contribution in [0, 0.1) is 0 Å². The Morgan fingerprint density at radius 2 is 1.62 bits per heavy atom. The zero-order valence-corrected chi connectivity index (χ0v) is 20.1. The minimum absolute atomic E-state index is 0.168. The fraction of sp³-hybridized carbons (Fsp3) is 0.240. The van der Waals surface area contributed by atoms with Crippen molar-refractivity contribution in [2.24, 2.45) is 10.7 Å². The largest absolute Gasteiger partial charge is 0.481 e. The number of nitrogens with two attached hydrogens (primary N) is 1. The summed E-state index contributed by atoms with van der Waals surface area (Å²) >= 11 is 0. The molecule has 1 aliphatic rings. The standard InChI is InChI=1S/C25H28N4O2Si/c1-29-23(30)25(28-24(29)26,19-11-7-12-20(16-19)32(3,4)5)18-10-6-9-17(15-18)21-13-8-14-22(27-21)31-2/h6-16H,1-5H3,(H2,26,28). The van der Waals surface area contributed by atoms with Crippen molar-refractivity contribution in [3.8, 4) is 17.1 Å². The average Bonchev–Trinajstić information content (AvgIpc) is 3.03. The normalized spacial score (nSPS) is 18.6. The highest BCUT2D eigenvalue weighted by Crippen LogP contribution is 2.40. The number of pyridine rings is 1. The summed E-state index contributed by atoms with van der Waals surface area (Å²) in [5.74, 6) is 0.571. The van der Waals surface area contributed by atoms with Gasteiger partial charge in [0.25, 0.3) is 5.91 Å². The van der Waals surface area contributed by atoms with Crippen molar-refractivity contribution in [1.82, 2.24) is 9.88 Å². The summed E-state index contributed by atoms with van der Waals surface area (Å²) < 4.78 is 5.28. The zero-order chi connectivity index (χ0) is 23.1. The van der Waals surface area contributed by atoms with Gasteiger partial charge >= 0.3 is 0 Å². The second-order valence-corrected chi connectivity index (χ2v) is 14.1. The van der Waals surface area contributed by atoms with Gasteiger partial charge in [0.15, 0.2) is 11.5 Å². The van der Waals surface area contributed by atoms with Crippen LogP contribution in [0.1, 0.15) is 11.1 Å². The quantitative estimate of drug-likeness (QED) is 0.612. The van der Waals surface area contributed by atoms with E-state index in [-0.39, 0.29) is 11.9 Å². The van der Waals surface area contributed by atoms with Crippen molar-refractivity contribution in [3.63, 3.8) is 0 Å². The van der Waals surface area contributed by atoms with Crippen LogP contribution in [0.4, 0.5) is 0 Å².